The maximum Gasteiger partial charge on any atom is 0.257 e. The molecule has 1 aromatic carbocycles. The van der Waals surface area contributed by atoms with Crippen molar-refractivity contribution in [1.29, 1.82) is 0 Å². The number of pyridine rings is 1. The second kappa shape index (κ2) is 5.83. The van der Waals surface area contributed by atoms with Gasteiger partial charge in [-0.05, 0) is 24.3 Å². The summed E-state index contributed by atoms with van der Waals surface area (Å²) in [5.41, 5.74) is 1.22. The van der Waals surface area contributed by atoms with Crippen LogP contribution in [-0.4, -0.2) is 16.8 Å². The number of carbonyl (C=O) groups excluding carboxylic acids is 2. The van der Waals surface area contributed by atoms with E-state index in [0.29, 0.717) is 16.9 Å². The first-order valence-electron chi connectivity index (χ1n) is 5.92. The zero-order valence-electron chi connectivity index (χ0n) is 10.8. The number of nitrogens with one attached hydrogen (secondary N) is 3. The van der Waals surface area contributed by atoms with E-state index in [2.05, 4.69) is 15.6 Å². The minimum absolute atomic E-state index is 0.186. The Morgan fingerprint density at radius 3 is 2.35 bits per heavy atom. The van der Waals surface area contributed by atoms with E-state index in [0.717, 1.165) is 0 Å². The summed E-state index contributed by atoms with van der Waals surface area (Å²) in [6.07, 6.45) is 1.34. The van der Waals surface area contributed by atoms with Crippen LogP contribution in [0.4, 0.5) is 11.4 Å². The Kier molecular flexibility index (Phi) is 3.95. The maximum absolute atomic E-state index is 11.9. The maximum atomic E-state index is 11.9. The highest BCUT2D eigenvalue weighted by molar-refractivity contribution is 6.04. The number of hydrogen-bond donors (Lipinski definition) is 3. The quantitative estimate of drug-likeness (QED) is 0.791. The van der Waals surface area contributed by atoms with E-state index < -0.39 is 0 Å². The summed E-state index contributed by atoms with van der Waals surface area (Å²) in [6, 6.07) is 9.50. The average molecular weight is 271 g/mol. The number of benzene rings is 1. The van der Waals surface area contributed by atoms with Gasteiger partial charge in [0.15, 0.2) is 0 Å². The molecule has 102 valence electrons. The fraction of sp³-hybridized carbons (Fsp3) is 0.0714. The molecule has 0 atom stereocenters. The molecule has 0 spiro atoms. The molecular formula is C14H13N3O3. The van der Waals surface area contributed by atoms with Crippen LogP contribution in [0.25, 0.3) is 0 Å². The van der Waals surface area contributed by atoms with Gasteiger partial charge in [-0.1, -0.05) is 6.07 Å². The van der Waals surface area contributed by atoms with Crippen molar-refractivity contribution in [3.63, 3.8) is 0 Å². The molecule has 2 rings (SSSR count). The largest absolute Gasteiger partial charge is 0.328 e. The molecule has 0 bridgehead atoms. The van der Waals surface area contributed by atoms with Crippen LogP contribution >= 0.6 is 0 Å². The molecule has 0 saturated heterocycles. The molecule has 0 unspecified atom stereocenters. The van der Waals surface area contributed by atoms with Crippen molar-refractivity contribution >= 4 is 23.2 Å². The number of carbonyl (C=O) groups is 2. The average Bonchev–Trinajstić information content (AvgIpc) is 2.39. The van der Waals surface area contributed by atoms with Crippen LogP contribution < -0.4 is 16.2 Å². The normalized spacial score (nSPS) is 9.85. The Morgan fingerprint density at radius 2 is 1.75 bits per heavy atom. The smallest absolute Gasteiger partial charge is 0.257 e. The third kappa shape index (κ3) is 3.55. The zero-order chi connectivity index (χ0) is 14.5. The highest BCUT2D eigenvalue weighted by atomic mass is 16.2. The fourth-order valence-corrected chi connectivity index (χ4v) is 1.63. The highest BCUT2D eigenvalue weighted by Crippen LogP contribution is 2.15. The number of amides is 2. The minimum Gasteiger partial charge on any atom is -0.328 e. The molecule has 6 heteroatoms. The summed E-state index contributed by atoms with van der Waals surface area (Å²) in [4.78, 5) is 36.3. The molecule has 0 aliphatic heterocycles. The van der Waals surface area contributed by atoms with Gasteiger partial charge in [0.2, 0.25) is 11.5 Å². The number of rotatable bonds is 3. The number of aromatic nitrogens is 1. The fourth-order valence-electron chi connectivity index (χ4n) is 1.63. The molecular weight excluding hydrogens is 258 g/mol. The van der Waals surface area contributed by atoms with E-state index in [1.165, 1.54) is 25.3 Å². The van der Waals surface area contributed by atoms with Crippen molar-refractivity contribution < 1.29 is 9.59 Å². The van der Waals surface area contributed by atoms with Gasteiger partial charge >= 0.3 is 0 Å². The summed E-state index contributed by atoms with van der Waals surface area (Å²) < 4.78 is 0. The van der Waals surface area contributed by atoms with Gasteiger partial charge in [0, 0.05) is 30.6 Å². The molecule has 0 fully saturated rings. The van der Waals surface area contributed by atoms with E-state index in [9.17, 15) is 14.4 Å². The number of H-pyrrole nitrogens is 1. The van der Waals surface area contributed by atoms with Gasteiger partial charge in [0.1, 0.15) is 0 Å². The molecule has 2 amide bonds. The zero-order valence-corrected chi connectivity index (χ0v) is 10.8. The molecule has 0 radical (unpaired) electrons. The van der Waals surface area contributed by atoms with E-state index in [4.69, 9.17) is 0 Å². The Balaban J connectivity index is 2.13. The summed E-state index contributed by atoms with van der Waals surface area (Å²) in [5, 5.41) is 5.31. The first-order valence-corrected chi connectivity index (χ1v) is 5.92. The first-order chi connectivity index (χ1) is 9.54. The minimum atomic E-state index is -0.346. The Bertz CT molecular complexity index is 686. The van der Waals surface area contributed by atoms with Crippen LogP contribution in [0.2, 0.25) is 0 Å². The molecule has 0 aliphatic rings. The molecule has 0 saturated carbocycles. The number of anilines is 2. The second-order valence-electron chi connectivity index (χ2n) is 4.16. The topological polar surface area (TPSA) is 91.1 Å². The lowest BCUT2D eigenvalue weighted by molar-refractivity contribution is -0.114. The monoisotopic (exact) mass is 271 g/mol. The van der Waals surface area contributed by atoms with E-state index in [1.807, 2.05) is 0 Å². The third-order valence-electron chi connectivity index (χ3n) is 2.49. The lowest BCUT2D eigenvalue weighted by atomic mass is 10.2. The van der Waals surface area contributed by atoms with Gasteiger partial charge in [-0.15, -0.1) is 0 Å². The highest BCUT2D eigenvalue weighted by Gasteiger charge is 2.06. The van der Waals surface area contributed by atoms with Crippen molar-refractivity contribution in [3.8, 4) is 0 Å². The molecule has 1 heterocycles. The van der Waals surface area contributed by atoms with Crippen LogP contribution in [0.1, 0.15) is 17.3 Å². The van der Waals surface area contributed by atoms with Crippen LogP contribution in [0.15, 0.2) is 47.4 Å². The van der Waals surface area contributed by atoms with Gasteiger partial charge in [-0.3, -0.25) is 14.4 Å². The summed E-state index contributed by atoms with van der Waals surface area (Å²) >= 11 is 0. The van der Waals surface area contributed by atoms with Crippen LogP contribution in [0, 0.1) is 0 Å². The summed E-state index contributed by atoms with van der Waals surface area (Å²) in [5.74, 6) is -0.532. The van der Waals surface area contributed by atoms with Crippen molar-refractivity contribution in [2.24, 2.45) is 0 Å². The predicted molar refractivity (Wildman–Crippen MR) is 75.8 cm³/mol. The molecule has 0 aliphatic carbocycles. The molecule has 20 heavy (non-hydrogen) atoms. The number of hydrogen-bond acceptors (Lipinski definition) is 3. The SMILES string of the molecule is CC(=O)Nc1cccc(NC(=O)c2ccc(=O)[nH]c2)c1. The van der Waals surface area contributed by atoms with Gasteiger partial charge in [-0.2, -0.15) is 0 Å². The van der Waals surface area contributed by atoms with Crippen molar-refractivity contribution in [3.05, 3.63) is 58.5 Å². The molecule has 2 aromatic rings. The Labute approximate surface area is 114 Å². The van der Waals surface area contributed by atoms with E-state index in [1.54, 1.807) is 24.3 Å². The standard InChI is InChI=1S/C14H13N3O3/c1-9(18)16-11-3-2-4-12(7-11)17-14(20)10-5-6-13(19)15-8-10/h2-8H,1H3,(H,15,19)(H,16,18)(H,17,20). The predicted octanol–water partition coefficient (Wildman–Crippen LogP) is 1.59. The first kappa shape index (κ1) is 13.5. The molecule has 3 N–H and O–H groups in total. The molecule has 1 aromatic heterocycles. The van der Waals surface area contributed by atoms with Crippen molar-refractivity contribution in [2.75, 3.05) is 10.6 Å². The van der Waals surface area contributed by atoms with Crippen molar-refractivity contribution in [1.82, 2.24) is 4.98 Å². The number of aromatic amines is 1. The van der Waals surface area contributed by atoms with Gasteiger partial charge < -0.3 is 15.6 Å². The second-order valence-corrected chi connectivity index (χ2v) is 4.16. The van der Waals surface area contributed by atoms with E-state index >= 15 is 0 Å². The van der Waals surface area contributed by atoms with Crippen molar-refractivity contribution in [2.45, 2.75) is 6.92 Å². The van der Waals surface area contributed by atoms with Gasteiger partial charge in [0.05, 0.1) is 5.56 Å². The summed E-state index contributed by atoms with van der Waals surface area (Å²) in [6.45, 7) is 1.41. The van der Waals surface area contributed by atoms with Crippen LogP contribution in [0.3, 0.4) is 0 Å². The Morgan fingerprint density at radius 1 is 1.05 bits per heavy atom. The van der Waals surface area contributed by atoms with Gasteiger partial charge in [-0.25, -0.2) is 0 Å². The van der Waals surface area contributed by atoms with Crippen LogP contribution in [0.5, 0.6) is 0 Å². The van der Waals surface area contributed by atoms with Crippen LogP contribution in [-0.2, 0) is 4.79 Å². The lowest BCUT2D eigenvalue weighted by Gasteiger charge is -2.07. The van der Waals surface area contributed by atoms with E-state index in [-0.39, 0.29) is 17.4 Å². The third-order valence-corrected chi connectivity index (χ3v) is 2.49. The Hall–Kier alpha value is -2.89. The lowest BCUT2D eigenvalue weighted by Crippen LogP contribution is -2.14. The van der Waals surface area contributed by atoms with Gasteiger partial charge in [0.25, 0.3) is 5.91 Å². The molecule has 6 nitrogen and oxygen atoms in total. The summed E-state index contributed by atoms with van der Waals surface area (Å²) in [7, 11) is 0.